The molecule has 0 saturated carbocycles. The van der Waals surface area contributed by atoms with Crippen LogP contribution in [-0.2, 0) is 6.54 Å². The van der Waals surface area contributed by atoms with E-state index in [1.54, 1.807) is 12.1 Å². The molecule has 146 valence electrons. The van der Waals surface area contributed by atoms with Crippen LogP contribution in [0.2, 0.25) is 0 Å². The maximum absolute atomic E-state index is 13.6. The molecule has 2 aromatic heterocycles. The zero-order chi connectivity index (χ0) is 19.5. The van der Waals surface area contributed by atoms with Crippen LogP contribution in [0.1, 0.15) is 30.0 Å². The fourth-order valence-corrected chi connectivity index (χ4v) is 3.91. The summed E-state index contributed by atoms with van der Waals surface area (Å²) >= 11 is 0. The van der Waals surface area contributed by atoms with Gasteiger partial charge in [-0.1, -0.05) is 18.2 Å². The maximum Gasteiger partial charge on any atom is 0.127 e. The second kappa shape index (κ2) is 8.10. The number of piperidine rings is 1. The Morgan fingerprint density at radius 2 is 1.96 bits per heavy atom. The van der Waals surface area contributed by atoms with Crippen molar-refractivity contribution in [1.29, 1.82) is 0 Å². The van der Waals surface area contributed by atoms with E-state index >= 15 is 0 Å². The molecule has 28 heavy (non-hydrogen) atoms. The smallest absolute Gasteiger partial charge is 0.127 e. The van der Waals surface area contributed by atoms with Gasteiger partial charge in [0.05, 0.1) is 6.20 Å². The molecule has 0 spiro atoms. The molecule has 1 saturated heterocycles. The van der Waals surface area contributed by atoms with Crippen LogP contribution in [-0.4, -0.2) is 47.3 Å². The van der Waals surface area contributed by atoms with E-state index in [1.165, 1.54) is 11.6 Å². The largest absolute Gasteiger partial charge is 0.363 e. The highest BCUT2D eigenvalue weighted by molar-refractivity contribution is 5.65. The minimum absolute atomic E-state index is 0.214. The van der Waals surface area contributed by atoms with Crippen LogP contribution in [0, 0.1) is 5.82 Å². The molecule has 6 heteroatoms. The number of benzene rings is 1. The first-order valence-electron chi connectivity index (χ1n) is 9.74. The number of rotatable bonds is 5. The number of nitrogens with one attached hydrogen (secondary N) is 1. The van der Waals surface area contributed by atoms with Crippen LogP contribution in [0.4, 0.5) is 10.2 Å². The summed E-state index contributed by atoms with van der Waals surface area (Å²) in [6.45, 7) is 2.98. The number of H-pyrrole nitrogens is 1. The Kier molecular flexibility index (Phi) is 5.39. The van der Waals surface area contributed by atoms with Crippen molar-refractivity contribution in [2.24, 2.45) is 0 Å². The van der Waals surface area contributed by atoms with Gasteiger partial charge in [0, 0.05) is 44.0 Å². The number of hydrogen-bond donors (Lipinski definition) is 1. The number of aromatic nitrogens is 3. The summed E-state index contributed by atoms with van der Waals surface area (Å²) in [5.74, 6) is 1.19. The summed E-state index contributed by atoms with van der Waals surface area (Å²) in [6, 6.07) is 11.0. The summed E-state index contributed by atoms with van der Waals surface area (Å²) in [4.78, 5) is 8.99. The van der Waals surface area contributed by atoms with Gasteiger partial charge in [0.25, 0.3) is 0 Å². The highest BCUT2D eigenvalue weighted by Gasteiger charge is 2.24. The zero-order valence-corrected chi connectivity index (χ0v) is 16.4. The lowest BCUT2D eigenvalue weighted by atomic mass is 9.89. The van der Waals surface area contributed by atoms with Crippen molar-refractivity contribution in [3.05, 3.63) is 65.9 Å². The molecule has 0 bridgehead atoms. The Balaban J connectivity index is 1.39. The Morgan fingerprint density at radius 3 is 2.64 bits per heavy atom. The molecule has 1 aromatic carbocycles. The second-order valence-electron chi connectivity index (χ2n) is 7.68. The third-order valence-corrected chi connectivity index (χ3v) is 5.47. The predicted molar refractivity (Wildman–Crippen MR) is 110 cm³/mol. The van der Waals surface area contributed by atoms with Crippen LogP contribution in [0.5, 0.6) is 0 Å². The first kappa shape index (κ1) is 18.6. The van der Waals surface area contributed by atoms with Crippen LogP contribution in [0.15, 0.2) is 48.8 Å². The number of nitrogens with zero attached hydrogens (tertiary/aromatic N) is 4. The molecule has 0 aliphatic carbocycles. The van der Waals surface area contributed by atoms with Crippen molar-refractivity contribution in [3.63, 3.8) is 0 Å². The number of aromatic amines is 1. The summed E-state index contributed by atoms with van der Waals surface area (Å²) in [5.41, 5.74) is 4.27. The summed E-state index contributed by atoms with van der Waals surface area (Å²) in [6.07, 6.45) is 5.91. The first-order valence-corrected chi connectivity index (χ1v) is 9.74. The second-order valence-corrected chi connectivity index (χ2v) is 7.68. The average molecular weight is 379 g/mol. The van der Waals surface area contributed by atoms with Gasteiger partial charge in [-0.05, 0) is 55.3 Å². The molecule has 4 rings (SSSR count). The van der Waals surface area contributed by atoms with Crippen LogP contribution >= 0.6 is 0 Å². The lowest BCUT2D eigenvalue weighted by Gasteiger charge is -2.32. The molecule has 1 fully saturated rings. The van der Waals surface area contributed by atoms with Gasteiger partial charge < -0.3 is 4.90 Å². The van der Waals surface area contributed by atoms with E-state index in [0.717, 1.165) is 55.1 Å². The molecule has 3 aromatic rings. The topological polar surface area (TPSA) is 48.0 Å². The van der Waals surface area contributed by atoms with Crippen molar-refractivity contribution >= 4 is 5.82 Å². The summed E-state index contributed by atoms with van der Waals surface area (Å²) in [5, 5.41) is 7.41. The van der Waals surface area contributed by atoms with Crippen molar-refractivity contribution in [2.75, 3.05) is 32.1 Å². The minimum Gasteiger partial charge on any atom is -0.363 e. The molecule has 5 nitrogen and oxygen atoms in total. The Labute approximate surface area is 165 Å². The van der Waals surface area contributed by atoms with E-state index in [2.05, 4.69) is 32.2 Å². The molecule has 1 aliphatic heterocycles. The van der Waals surface area contributed by atoms with Gasteiger partial charge in [-0.2, -0.15) is 5.10 Å². The Bertz CT molecular complexity index is 911. The van der Waals surface area contributed by atoms with Gasteiger partial charge in [0.2, 0.25) is 0 Å². The van der Waals surface area contributed by atoms with E-state index < -0.39 is 0 Å². The van der Waals surface area contributed by atoms with Crippen molar-refractivity contribution in [2.45, 2.75) is 25.3 Å². The molecule has 0 amide bonds. The molecular weight excluding hydrogens is 353 g/mol. The highest BCUT2D eigenvalue weighted by atomic mass is 19.1. The normalized spacial score (nSPS) is 15.7. The van der Waals surface area contributed by atoms with Gasteiger partial charge >= 0.3 is 0 Å². The number of anilines is 1. The van der Waals surface area contributed by atoms with E-state index in [0.29, 0.717) is 5.92 Å². The quantitative estimate of drug-likeness (QED) is 0.726. The van der Waals surface area contributed by atoms with Gasteiger partial charge in [0.15, 0.2) is 0 Å². The Hall–Kier alpha value is -2.73. The van der Waals surface area contributed by atoms with E-state index in [1.807, 2.05) is 37.5 Å². The monoisotopic (exact) mass is 379 g/mol. The fourth-order valence-electron chi connectivity index (χ4n) is 3.91. The van der Waals surface area contributed by atoms with E-state index in [-0.39, 0.29) is 5.82 Å². The number of hydrogen-bond acceptors (Lipinski definition) is 4. The lowest BCUT2D eigenvalue weighted by molar-refractivity contribution is 0.203. The Morgan fingerprint density at radius 1 is 1.14 bits per heavy atom. The average Bonchev–Trinajstić information content (AvgIpc) is 3.19. The van der Waals surface area contributed by atoms with E-state index in [9.17, 15) is 4.39 Å². The van der Waals surface area contributed by atoms with Gasteiger partial charge in [-0.25, -0.2) is 9.37 Å². The van der Waals surface area contributed by atoms with Crippen molar-refractivity contribution < 1.29 is 4.39 Å². The fraction of sp³-hybridized carbons (Fsp3) is 0.364. The summed E-state index contributed by atoms with van der Waals surface area (Å²) < 4.78 is 13.6. The standard InChI is InChI=1S/C22H26FN5/c1-27(2)21-7-6-16(13-24-21)15-28-10-8-17(9-11-28)22-20(14-25-26-22)18-4-3-5-19(23)12-18/h3-7,12-14,17H,8-11,15H2,1-2H3,(H,25,26). The molecule has 0 unspecified atom stereocenters. The number of halogens is 1. The van der Waals surface area contributed by atoms with Crippen molar-refractivity contribution in [1.82, 2.24) is 20.1 Å². The third kappa shape index (κ3) is 4.07. The van der Waals surface area contributed by atoms with Crippen LogP contribution < -0.4 is 4.90 Å². The molecule has 1 N–H and O–H groups in total. The van der Waals surface area contributed by atoms with Crippen LogP contribution in [0.25, 0.3) is 11.1 Å². The molecule has 0 radical (unpaired) electrons. The van der Waals surface area contributed by atoms with Gasteiger partial charge in [-0.3, -0.25) is 10.00 Å². The first-order chi connectivity index (χ1) is 13.6. The number of pyridine rings is 1. The summed E-state index contributed by atoms with van der Waals surface area (Å²) in [7, 11) is 4.00. The predicted octanol–water partition coefficient (Wildman–Crippen LogP) is 4.06. The molecular formula is C22H26FN5. The molecule has 0 atom stereocenters. The van der Waals surface area contributed by atoms with Crippen LogP contribution in [0.3, 0.4) is 0 Å². The lowest BCUT2D eigenvalue weighted by Crippen LogP contribution is -2.32. The SMILES string of the molecule is CN(C)c1ccc(CN2CCC(c3[nH]ncc3-c3cccc(F)c3)CC2)cn1. The van der Waals surface area contributed by atoms with Gasteiger partial charge in [0.1, 0.15) is 11.6 Å². The highest BCUT2D eigenvalue weighted by Crippen LogP contribution is 2.34. The minimum atomic E-state index is -0.214. The van der Waals surface area contributed by atoms with Gasteiger partial charge in [-0.15, -0.1) is 0 Å². The van der Waals surface area contributed by atoms with Crippen molar-refractivity contribution in [3.8, 4) is 11.1 Å². The number of likely N-dealkylation sites (tertiary alicyclic amines) is 1. The zero-order valence-electron chi connectivity index (χ0n) is 16.4. The molecule has 3 heterocycles. The molecule has 1 aliphatic rings. The maximum atomic E-state index is 13.6. The van der Waals surface area contributed by atoms with E-state index in [4.69, 9.17) is 0 Å². The third-order valence-electron chi connectivity index (χ3n) is 5.47.